The van der Waals surface area contributed by atoms with E-state index in [0.717, 1.165) is 35.1 Å². The first-order valence-corrected chi connectivity index (χ1v) is 7.88. The molecule has 0 saturated carbocycles. The quantitative estimate of drug-likeness (QED) is 0.733. The van der Waals surface area contributed by atoms with Gasteiger partial charge in [-0.3, -0.25) is 4.90 Å². The average molecular weight is 323 g/mol. The van der Waals surface area contributed by atoms with E-state index in [0.29, 0.717) is 19.1 Å². The summed E-state index contributed by atoms with van der Waals surface area (Å²) >= 11 is 6.26. The van der Waals surface area contributed by atoms with E-state index in [9.17, 15) is 0 Å². The van der Waals surface area contributed by atoms with Gasteiger partial charge in [-0.05, 0) is 11.6 Å². The third-order valence-electron chi connectivity index (χ3n) is 3.50. The Hall–Kier alpha value is -1.36. The summed E-state index contributed by atoms with van der Waals surface area (Å²) in [6, 6.07) is 9.93. The highest BCUT2D eigenvalue weighted by molar-refractivity contribution is 6.31. The van der Waals surface area contributed by atoms with Crippen molar-refractivity contribution in [1.29, 1.82) is 0 Å². The summed E-state index contributed by atoms with van der Waals surface area (Å²) in [6.07, 6.45) is 0. The number of methoxy groups -OCH3 is 1. The maximum atomic E-state index is 6.26. The number of rotatable bonds is 8. The van der Waals surface area contributed by atoms with Crippen molar-refractivity contribution in [3.05, 3.63) is 52.4 Å². The topological polar surface area (TPSA) is 38.5 Å². The Labute approximate surface area is 137 Å². The van der Waals surface area contributed by atoms with Crippen LogP contribution < -0.4 is 0 Å². The zero-order valence-corrected chi connectivity index (χ0v) is 14.1. The predicted octanol–water partition coefficient (Wildman–Crippen LogP) is 4.10. The van der Waals surface area contributed by atoms with Crippen LogP contribution in [0.3, 0.4) is 0 Å². The number of hydrogen-bond acceptors (Lipinski definition) is 4. The smallest absolute Gasteiger partial charge is 0.139 e. The second-order valence-electron chi connectivity index (χ2n) is 5.67. The summed E-state index contributed by atoms with van der Waals surface area (Å²) in [5.41, 5.74) is 2.04. The predicted molar refractivity (Wildman–Crippen MR) is 88.0 cm³/mol. The minimum Gasteiger partial charge on any atom is -0.383 e. The molecule has 0 aliphatic carbocycles. The first-order chi connectivity index (χ1) is 10.6. The molecule has 4 nitrogen and oxygen atoms in total. The Morgan fingerprint density at radius 2 is 2.05 bits per heavy atom. The van der Waals surface area contributed by atoms with Crippen molar-refractivity contribution < 1.29 is 9.26 Å². The lowest BCUT2D eigenvalue weighted by molar-refractivity contribution is 0.138. The molecule has 0 fully saturated rings. The zero-order chi connectivity index (χ0) is 15.9. The van der Waals surface area contributed by atoms with Crippen molar-refractivity contribution >= 4 is 11.6 Å². The second kappa shape index (κ2) is 8.32. The SMILES string of the molecule is COCCN(Cc1cc(C(C)C)on1)Cc1ccccc1Cl. The van der Waals surface area contributed by atoms with E-state index in [1.54, 1.807) is 7.11 Å². The molecule has 0 spiro atoms. The molecular weight excluding hydrogens is 300 g/mol. The van der Waals surface area contributed by atoms with Crippen LogP contribution in [0.2, 0.25) is 5.02 Å². The van der Waals surface area contributed by atoms with Crippen LogP contribution in [0.25, 0.3) is 0 Å². The maximum absolute atomic E-state index is 6.26. The second-order valence-corrected chi connectivity index (χ2v) is 6.08. The molecule has 1 aromatic heterocycles. The molecule has 0 unspecified atom stereocenters. The van der Waals surface area contributed by atoms with Gasteiger partial charge in [-0.25, -0.2) is 0 Å². The molecule has 0 amide bonds. The van der Waals surface area contributed by atoms with E-state index >= 15 is 0 Å². The Kier molecular flexibility index (Phi) is 6.43. The molecule has 1 aromatic carbocycles. The lowest BCUT2D eigenvalue weighted by Crippen LogP contribution is -2.27. The lowest BCUT2D eigenvalue weighted by atomic mass is 10.1. The fourth-order valence-corrected chi connectivity index (χ4v) is 2.40. The summed E-state index contributed by atoms with van der Waals surface area (Å²) < 4.78 is 10.6. The minimum atomic E-state index is 0.345. The molecule has 0 atom stereocenters. The van der Waals surface area contributed by atoms with Crippen molar-refractivity contribution in [2.45, 2.75) is 32.9 Å². The van der Waals surface area contributed by atoms with Gasteiger partial charge in [0.25, 0.3) is 0 Å². The maximum Gasteiger partial charge on any atom is 0.139 e. The van der Waals surface area contributed by atoms with E-state index in [1.807, 2.05) is 30.3 Å². The van der Waals surface area contributed by atoms with Crippen molar-refractivity contribution in [3.8, 4) is 0 Å². The summed E-state index contributed by atoms with van der Waals surface area (Å²) in [5, 5.41) is 4.94. The van der Waals surface area contributed by atoms with E-state index < -0.39 is 0 Å². The summed E-state index contributed by atoms with van der Waals surface area (Å²) in [6.45, 7) is 7.14. The van der Waals surface area contributed by atoms with Crippen molar-refractivity contribution in [3.63, 3.8) is 0 Å². The first kappa shape index (κ1) is 17.0. The summed E-state index contributed by atoms with van der Waals surface area (Å²) in [5.74, 6) is 1.26. The number of halogens is 1. The van der Waals surface area contributed by atoms with Gasteiger partial charge in [0.1, 0.15) is 5.76 Å². The lowest BCUT2D eigenvalue weighted by Gasteiger charge is -2.21. The van der Waals surface area contributed by atoms with E-state index in [4.69, 9.17) is 20.9 Å². The van der Waals surface area contributed by atoms with Gasteiger partial charge < -0.3 is 9.26 Å². The van der Waals surface area contributed by atoms with Gasteiger partial charge in [-0.2, -0.15) is 0 Å². The molecule has 0 radical (unpaired) electrons. The molecule has 0 aliphatic rings. The Balaban J connectivity index is 2.06. The number of ether oxygens (including phenoxy) is 1. The molecule has 1 heterocycles. The van der Waals surface area contributed by atoms with Crippen LogP contribution in [-0.4, -0.2) is 30.3 Å². The van der Waals surface area contributed by atoms with E-state index in [-0.39, 0.29) is 0 Å². The number of nitrogens with zero attached hydrogens (tertiary/aromatic N) is 2. The van der Waals surface area contributed by atoms with Gasteiger partial charge >= 0.3 is 0 Å². The Morgan fingerprint density at radius 1 is 1.27 bits per heavy atom. The van der Waals surface area contributed by atoms with Crippen LogP contribution in [0.4, 0.5) is 0 Å². The van der Waals surface area contributed by atoms with Crippen molar-refractivity contribution in [1.82, 2.24) is 10.1 Å². The number of benzene rings is 1. The third kappa shape index (κ3) is 4.83. The molecule has 0 N–H and O–H groups in total. The van der Waals surface area contributed by atoms with Gasteiger partial charge in [0, 0.05) is 43.8 Å². The molecule has 0 aliphatic heterocycles. The van der Waals surface area contributed by atoms with Gasteiger partial charge in [0.2, 0.25) is 0 Å². The number of hydrogen-bond donors (Lipinski definition) is 0. The summed E-state index contributed by atoms with van der Waals surface area (Å²) in [7, 11) is 1.71. The minimum absolute atomic E-state index is 0.345. The molecule has 2 aromatic rings. The Bertz CT molecular complexity index is 584. The van der Waals surface area contributed by atoms with Gasteiger partial charge in [0.05, 0.1) is 12.3 Å². The highest BCUT2D eigenvalue weighted by Crippen LogP contribution is 2.20. The fourth-order valence-electron chi connectivity index (χ4n) is 2.21. The van der Waals surface area contributed by atoms with Crippen LogP contribution in [0.15, 0.2) is 34.9 Å². The van der Waals surface area contributed by atoms with Crippen molar-refractivity contribution in [2.75, 3.05) is 20.3 Å². The Morgan fingerprint density at radius 3 is 2.68 bits per heavy atom. The largest absolute Gasteiger partial charge is 0.383 e. The molecule has 0 saturated heterocycles. The third-order valence-corrected chi connectivity index (χ3v) is 3.86. The average Bonchev–Trinajstić information content (AvgIpc) is 2.96. The molecule has 0 bridgehead atoms. The zero-order valence-electron chi connectivity index (χ0n) is 13.4. The van der Waals surface area contributed by atoms with Crippen LogP contribution in [0.5, 0.6) is 0 Å². The highest BCUT2D eigenvalue weighted by atomic mass is 35.5. The van der Waals surface area contributed by atoms with E-state index in [1.165, 1.54) is 0 Å². The van der Waals surface area contributed by atoms with Crippen LogP contribution in [0.1, 0.15) is 36.8 Å². The molecule has 120 valence electrons. The van der Waals surface area contributed by atoms with Crippen molar-refractivity contribution in [2.24, 2.45) is 0 Å². The normalized spacial score (nSPS) is 11.5. The molecule has 22 heavy (non-hydrogen) atoms. The molecular formula is C17H23ClN2O2. The standard InChI is InChI=1S/C17H23ClN2O2/c1-13(2)17-10-15(19-22-17)12-20(8-9-21-3)11-14-6-4-5-7-16(14)18/h4-7,10,13H,8-9,11-12H2,1-3H3. The number of aromatic nitrogens is 1. The summed E-state index contributed by atoms with van der Waals surface area (Å²) in [4.78, 5) is 2.26. The van der Waals surface area contributed by atoms with Gasteiger partial charge in [-0.15, -0.1) is 0 Å². The van der Waals surface area contributed by atoms with Gasteiger partial charge in [0.15, 0.2) is 0 Å². The molecule has 2 rings (SSSR count). The fraction of sp³-hybridized carbons (Fsp3) is 0.471. The first-order valence-electron chi connectivity index (χ1n) is 7.50. The highest BCUT2D eigenvalue weighted by Gasteiger charge is 2.13. The van der Waals surface area contributed by atoms with Crippen LogP contribution in [-0.2, 0) is 17.8 Å². The monoisotopic (exact) mass is 322 g/mol. The van der Waals surface area contributed by atoms with Crippen LogP contribution >= 0.6 is 11.6 Å². The molecule has 5 heteroatoms. The van der Waals surface area contributed by atoms with E-state index in [2.05, 4.69) is 23.9 Å². The van der Waals surface area contributed by atoms with Gasteiger partial charge in [-0.1, -0.05) is 48.8 Å². The van der Waals surface area contributed by atoms with Crippen LogP contribution in [0, 0.1) is 0 Å².